The average Bonchev–Trinajstić information content (AvgIpc) is 2.25. The normalized spacial score (nSPS) is 18.7. The van der Waals surface area contributed by atoms with Crippen LogP contribution in [0.3, 0.4) is 0 Å². The van der Waals surface area contributed by atoms with Gasteiger partial charge in [-0.05, 0) is 42.4 Å². The average molecular weight is 345 g/mol. The van der Waals surface area contributed by atoms with E-state index in [2.05, 4.69) is 32.6 Å². The van der Waals surface area contributed by atoms with Gasteiger partial charge in [-0.2, -0.15) is 0 Å². The molecule has 94 valence electrons. The van der Waals surface area contributed by atoms with Gasteiger partial charge in [0.15, 0.2) is 0 Å². The van der Waals surface area contributed by atoms with E-state index in [9.17, 15) is 0 Å². The lowest BCUT2D eigenvalue weighted by atomic mass is 9.90. The molecular formula is C13H20IN3. The SMILES string of the molecule is Cc1nc(C2CCCCCCC2)nc(N)c1I. The summed E-state index contributed by atoms with van der Waals surface area (Å²) in [5.41, 5.74) is 6.96. The van der Waals surface area contributed by atoms with E-state index >= 15 is 0 Å². The molecule has 1 aromatic rings. The molecule has 0 radical (unpaired) electrons. The molecule has 4 heteroatoms. The standard InChI is InChI=1S/C13H20IN3/c1-9-11(14)12(15)17-13(16-9)10-7-5-3-2-4-6-8-10/h10H,2-8H2,1H3,(H2,15,16,17). The van der Waals surface area contributed by atoms with Crippen molar-refractivity contribution in [3.05, 3.63) is 15.1 Å². The Kier molecular flexibility index (Phi) is 4.59. The summed E-state index contributed by atoms with van der Waals surface area (Å²) in [6.07, 6.45) is 9.16. The van der Waals surface area contributed by atoms with Crippen LogP contribution in [0.2, 0.25) is 0 Å². The highest BCUT2D eigenvalue weighted by Gasteiger charge is 2.18. The fraction of sp³-hybridized carbons (Fsp3) is 0.692. The van der Waals surface area contributed by atoms with Crippen LogP contribution in [0.5, 0.6) is 0 Å². The van der Waals surface area contributed by atoms with E-state index in [0.29, 0.717) is 11.7 Å². The lowest BCUT2D eigenvalue weighted by Gasteiger charge is -2.19. The van der Waals surface area contributed by atoms with E-state index in [0.717, 1.165) is 15.1 Å². The molecule has 2 N–H and O–H groups in total. The molecule has 0 amide bonds. The molecule has 17 heavy (non-hydrogen) atoms. The van der Waals surface area contributed by atoms with Gasteiger partial charge in [-0.15, -0.1) is 0 Å². The van der Waals surface area contributed by atoms with Gasteiger partial charge in [-0.1, -0.05) is 32.1 Å². The summed E-state index contributed by atoms with van der Waals surface area (Å²) in [7, 11) is 0. The zero-order chi connectivity index (χ0) is 12.3. The fourth-order valence-electron chi connectivity index (χ4n) is 2.50. The largest absolute Gasteiger partial charge is 0.383 e. The number of nitrogens with zero attached hydrogens (tertiary/aromatic N) is 2. The van der Waals surface area contributed by atoms with Crippen molar-refractivity contribution in [2.75, 3.05) is 5.73 Å². The number of nitrogen functional groups attached to an aromatic ring is 1. The highest BCUT2D eigenvalue weighted by atomic mass is 127. The van der Waals surface area contributed by atoms with Crippen molar-refractivity contribution < 1.29 is 0 Å². The molecule has 1 aliphatic rings. The first-order chi connectivity index (χ1) is 8.18. The molecule has 1 aromatic heterocycles. The van der Waals surface area contributed by atoms with Crippen LogP contribution in [0.4, 0.5) is 5.82 Å². The summed E-state index contributed by atoms with van der Waals surface area (Å²) in [6, 6.07) is 0. The second kappa shape index (κ2) is 5.98. The van der Waals surface area contributed by atoms with Crippen LogP contribution >= 0.6 is 22.6 Å². The van der Waals surface area contributed by atoms with Gasteiger partial charge in [0.25, 0.3) is 0 Å². The molecule has 1 heterocycles. The number of aryl methyl sites for hydroxylation is 1. The Balaban J connectivity index is 2.19. The molecule has 1 saturated carbocycles. The third-order valence-corrected chi connectivity index (χ3v) is 4.86. The van der Waals surface area contributed by atoms with Crippen molar-refractivity contribution >= 4 is 28.4 Å². The van der Waals surface area contributed by atoms with Crippen LogP contribution in [-0.4, -0.2) is 9.97 Å². The molecule has 2 rings (SSSR count). The minimum atomic E-state index is 0.522. The van der Waals surface area contributed by atoms with E-state index in [1.807, 2.05) is 6.92 Å². The highest BCUT2D eigenvalue weighted by molar-refractivity contribution is 14.1. The molecule has 3 nitrogen and oxygen atoms in total. The Morgan fingerprint density at radius 3 is 2.24 bits per heavy atom. The molecule has 0 bridgehead atoms. The van der Waals surface area contributed by atoms with Gasteiger partial charge in [-0.3, -0.25) is 0 Å². The maximum absolute atomic E-state index is 5.94. The molecule has 1 fully saturated rings. The summed E-state index contributed by atoms with van der Waals surface area (Å²) in [4.78, 5) is 9.12. The van der Waals surface area contributed by atoms with Gasteiger partial charge < -0.3 is 5.73 Å². The summed E-state index contributed by atoms with van der Waals surface area (Å²) in [6.45, 7) is 2.02. The monoisotopic (exact) mass is 345 g/mol. The predicted molar refractivity (Wildman–Crippen MR) is 79.0 cm³/mol. The fourth-order valence-corrected chi connectivity index (χ4v) is 2.74. The van der Waals surface area contributed by atoms with Gasteiger partial charge in [0.05, 0.1) is 9.26 Å². The van der Waals surface area contributed by atoms with Gasteiger partial charge in [-0.25, -0.2) is 9.97 Å². The van der Waals surface area contributed by atoms with Crippen LogP contribution in [0.1, 0.15) is 62.4 Å². The molecule has 0 saturated heterocycles. The van der Waals surface area contributed by atoms with E-state index in [1.165, 1.54) is 44.9 Å². The number of aromatic nitrogens is 2. The molecule has 0 atom stereocenters. The Morgan fingerprint density at radius 2 is 1.65 bits per heavy atom. The second-order valence-corrected chi connectivity index (χ2v) is 5.99. The topological polar surface area (TPSA) is 51.8 Å². The molecule has 0 aromatic carbocycles. The number of halogens is 1. The van der Waals surface area contributed by atoms with Crippen LogP contribution in [0.25, 0.3) is 0 Å². The first-order valence-corrected chi connectivity index (χ1v) is 7.56. The van der Waals surface area contributed by atoms with Crippen molar-refractivity contribution in [3.63, 3.8) is 0 Å². The molecule has 0 aliphatic heterocycles. The minimum absolute atomic E-state index is 0.522. The van der Waals surface area contributed by atoms with Crippen molar-refractivity contribution in [3.8, 4) is 0 Å². The molecular weight excluding hydrogens is 325 g/mol. The van der Waals surface area contributed by atoms with E-state index in [4.69, 9.17) is 5.73 Å². The van der Waals surface area contributed by atoms with Crippen LogP contribution in [0, 0.1) is 10.5 Å². The Hall–Kier alpha value is -0.390. The minimum Gasteiger partial charge on any atom is -0.383 e. The number of hydrogen-bond donors (Lipinski definition) is 1. The number of anilines is 1. The van der Waals surface area contributed by atoms with Crippen LogP contribution in [0.15, 0.2) is 0 Å². The quantitative estimate of drug-likeness (QED) is 0.788. The number of nitrogens with two attached hydrogens (primary N) is 1. The van der Waals surface area contributed by atoms with Crippen molar-refractivity contribution in [1.29, 1.82) is 0 Å². The molecule has 0 spiro atoms. The maximum atomic E-state index is 5.94. The first-order valence-electron chi connectivity index (χ1n) is 6.48. The zero-order valence-electron chi connectivity index (χ0n) is 10.4. The Morgan fingerprint density at radius 1 is 1.06 bits per heavy atom. The summed E-state index contributed by atoms with van der Waals surface area (Å²) in [5.74, 6) is 2.14. The van der Waals surface area contributed by atoms with E-state index in [-0.39, 0.29) is 0 Å². The van der Waals surface area contributed by atoms with Crippen LogP contribution in [-0.2, 0) is 0 Å². The smallest absolute Gasteiger partial charge is 0.140 e. The van der Waals surface area contributed by atoms with Gasteiger partial charge in [0.1, 0.15) is 11.6 Å². The summed E-state index contributed by atoms with van der Waals surface area (Å²) >= 11 is 2.22. The Labute approximate surface area is 117 Å². The zero-order valence-corrected chi connectivity index (χ0v) is 12.5. The third-order valence-electron chi connectivity index (χ3n) is 3.53. The van der Waals surface area contributed by atoms with Crippen molar-refractivity contribution in [2.45, 2.75) is 57.8 Å². The lowest BCUT2D eigenvalue weighted by Crippen LogP contribution is -2.11. The van der Waals surface area contributed by atoms with Gasteiger partial charge in [0, 0.05) is 5.92 Å². The summed E-state index contributed by atoms with van der Waals surface area (Å²) in [5, 5.41) is 0. The van der Waals surface area contributed by atoms with Gasteiger partial charge >= 0.3 is 0 Å². The second-order valence-electron chi connectivity index (χ2n) is 4.91. The van der Waals surface area contributed by atoms with E-state index < -0.39 is 0 Å². The third kappa shape index (κ3) is 3.30. The highest BCUT2D eigenvalue weighted by Crippen LogP contribution is 2.30. The molecule has 0 unspecified atom stereocenters. The lowest BCUT2D eigenvalue weighted by molar-refractivity contribution is 0.442. The first kappa shape index (κ1) is 13.1. The number of rotatable bonds is 1. The van der Waals surface area contributed by atoms with Crippen molar-refractivity contribution in [1.82, 2.24) is 9.97 Å². The number of hydrogen-bond acceptors (Lipinski definition) is 3. The summed E-state index contributed by atoms with van der Waals surface area (Å²) < 4.78 is 0.997. The van der Waals surface area contributed by atoms with E-state index in [1.54, 1.807) is 0 Å². The Bertz CT molecular complexity index is 361. The van der Waals surface area contributed by atoms with Crippen molar-refractivity contribution in [2.24, 2.45) is 0 Å². The molecule has 1 aliphatic carbocycles. The van der Waals surface area contributed by atoms with Crippen LogP contribution < -0.4 is 5.73 Å². The predicted octanol–water partition coefficient (Wildman–Crippen LogP) is 3.80. The van der Waals surface area contributed by atoms with Gasteiger partial charge in [0.2, 0.25) is 0 Å². The maximum Gasteiger partial charge on any atom is 0.140 e.